The lowest BCUT2D eigenvalue weighted by atomic mass is 10.0. The van der Waals surface area contributed by atoms with Crippen LogP contribution in [0.25, 0.3) is 22.6 Å². The van der Waals surface area contributed by atoms with Gasteiger partial charge >= 0.3 is 0 Å². The molecule has 0 aliphatic carbocycles. The predicted octanol–water partition coefficient (Wildman–Crippen LogP) is 2.60. The molecule has 1 atom stereocenters. The SMILES string of the molecule is C=C1NC(=O)C2=C(CN(c3nc(-c4cc(OC[C@H](O)CNC)ccc4Cl)nc(-c4c(C)noc4C)c3C)C2)N1. The molecule has 0 unspecified atom stereocenters. The van der Waals surface area contributed by atoms with Crippen LogP contribution in [0, 0.1) is 20.8 Å². The number of hydrogen-bond donors (Lipinski definition) is 4. The Morgan fingerprint density at radius 1 is 1.26 bits per heavy atom. The Labute approximate surface area is 230 Å². The van der Waals surface area contributed by atoms with Crippen molar-refractivity contribution in [1.82, 2.24) is 31.1 Å². The molecule has 4 heterocycles. The number of aliphatic hydroxyl groups excluding tert-OH is 1. The lowest BCUT2D eigenvalue weighted by molar-refractivity contribution is -0.117. The quantitative estimate of drug-likeness (QED) is 0.330. The number of amides is 1. The van der Waals surface area contributed by atoms with Crippen LogP contribution in [0.5, 0.6) is 5.75 Å². The van der Waals surface area contributed by atoms with Crippen LogP contribution in [-0.4, -0.2) is 65.5 Å². The fourth-order valence-corrected chi connectivity index (χ4v) is 4.98. The lowest BCUT2D eigenvalue weighted by Gasteiger charge is -2.22. The lowest BCUT2D eigenvalue weighted by Crippen LogP contribution is -2.38. The molecule has 1 amide bonds. The van der Waals surface area contributed by atoms with E-state index in [4.69, 9.17) is 30.8 Å². The van der Waals surface area contributed by atoms with E-state index in [1.807, 2.05) is 25.7 Å². The maximum atomic E-state index is 12.6. The van der Waals surface area contributed by atoms with Crippen molar-refractivity contribution in [2.45, 2.75) is 26.9 Å². The zero-order valence-corrected chi connectivity index (χ0v) is 22.9. The molecule has 2 aliphatic heterocycles. The second-order valence-corrected chi connectivity index (χ2v) is 9.99. The van der Waals surface area contributed by atoms with Crippen LogP contribution in [0.15, 0.2) is 46.4 Å². The van der Waals surface area contributed by atoms with Gasteiger partial charge in [-0.2, -0.15) is 0 Å². The molecule has 3 aromatic rings. The molecule has 0 radical (unpaired) electrons. The number of ether oxygens (including phenoxy) is 1. The summed E-state index contributed by atoms with van der Waals surface area (Å²) in [5, 5.41) is 23.4. The van der Waals surface area contributed by atoms with Gasteiger partial charge in [-0.1, -0.05) is 23.3 Å². The van der Waals surface area contributed by atoms with Gasteiger partial charge in [0.15, 0.2) is 5.82 Å². The van der Waals surface area contributed by atoms with Crippen molar-refractivity contribution < 1.29 is 19.2 Å². The first-order valence-electron chi connectivity index (χ1n) is 12.5. The van der Waals surface area contributed by atoms with Gasteiger partial charge < -0.3 is 35.2 Å². The van der Waals surface area contributed by atoms with Crippen molar-refractivity contribution >= 4 is 23.3 Å². The monoisotopic (exact) mass is 551 g/mol. The summed E-state index contributed by atoms with van der Waals surface area (Å²) in [5.74, 6) is 2.44. The highest BCUT2D eigenvalue weighted by Crippen LogP contribution is 2.38. The molecule has 39 heavy (non-hydrogen) atoms. The van der Waals surface area contributed by atoms with E-state index in [1.54, 1.807) is 25.2 Å². The number of benzene rings is 1. The number of nitrogens with one attached hydrogen (secondary N) is 3. The fourth-order valence-electron chi connectivity index (χ4n) is 4.78. The van der Waals surface area contributed by atoms with Gasteiger partial charge in [0, 0.05) is 23.4 Å². The number of carbonyl (C=O) groups is 1. The van der Waals surface area contributed by atoms with Crippen LogP contribution in [0.4, 0.5) is 5.82 Å². The van der Waals surface area contributed by atoms with Crippen molar-refractivity contribution in [1.29, 1.82) is 0 Å². The molecule has 1 aromatic carbocycles. The number of anilines is 1. The smallest absolute Gasteiger partial charge is 0.256 e. The number of nitrogens with zero attached hydrogens (tertiary/aromatic N) is 4. The van der Waals surface area contributed by atoms with Gasteiger partial charge in [-0.15, -0.1) is 0 Å². The van der Waals surface area contributed by atoms with E-state index >= 15 is 0 Å². The van der Waals surface area contributed by atoms with Gasteiger partial charge in [-0.05, 0) is 46.0 Å². The first-order valence-corrected chi connectivity index (χ1v) is 12.9. The van der Waals surface area contributed by atoms with Gasteiger partial charge in [0.25, 0.3) is 5.91 Å². The number of aromatic nitrogens is 3. The Balaban J connectivity index is 1.59. The molecule has 2 aromatic heterocycles. The van der Waals surface area contributed by atoms with Crippen molar-refractivity contribution in [3.05, 3.63) is 63.9 Å². The number of rotatable bonds is 8. The summed E-state index contributed by atoms with van der Waals surface area (Å²) in [7, 11) is 1.76. The van der Waals surface area contributed by atoms with Crippen LogP contribution in [0.2, 0.25) is 5.02 Å². The van der Waals surface area contributed by atoms with Crippen LogP contribution in [0.1, 0.15) is 17.0 Å². The van der Waals surface area contributed by atoms with Crippen molar-refractivity contribution in [3.8, 4) is 28.4 Å². The average Bonchev–Trinajstić information content (AvgIpc) is 3.47. The molecule has 0 spiro atoms. The highest BCUT2D eigenvalue weighted by Gasteiger charge is 2.33. The van der Waals surface area contributed by atoms with E-state index in [9.17, 15) is 9.90 Å². The molecule has 2 aliphatic rings. The maximum absolute atomic E-state index is 12.6. The number of aryl methyl sites for hydroxylation is 2. The second-order valence-electron chi connectivity index (χ2n) is 9.58. The first kappa shape index (κ1) is 26.7. The van der Waals surface area contributed by atoms with E-state index in [1.165, 1.54) is 0 Å². The molecular weight excluding hydrogens is 522 g/mol. The van der Waals surface area contributed by atoms with Crippen molar-refractivity contribution in [2.24, 2.45) is 0 Å². The molecule has 0 fully saturated rings. The van der Waals surface area contributed by atoms with E-state index in [0.717, 1.165) is 16.8 Å². The Morgan fingerprint density at radius 3 is 2.77 bits per heavy atom. The summed E-state index contributed by atoms with van der Waals surface area (Å²) in [5.41, 5.74) is 4.93. The zero-order chi connectivity index (χ0) is 27.8. The zero-order valence-electron chi connectivity index (χ0n) is 22.2. The Kier molecular flexibility index (Phi) is 7.30. The third kappa shape index (κ3) is 5.20. The van der Waals surface area contributed by atoms with Gasteiger partial charge in [0.2, 0.25) is 0 Å². The molecule has 0 bridgehead atoms. The molecule has 5 rings (SSSR count). The maximum Gasteiger partial charge on any atom is 0.256 e. The summed E-state index contributed by atoms with van der Waals surface area (Å²) < 4.78 is 11.3. The van der Waals surface area contributed by atoms with Crippen LogP contribution in [0.3, 0.4) is 0 Å². The van der Waals surface area contributed by atoms with E-state index in [2.05, 4.69) is 27.7 Å². The van der Waals surface area contributed by atoms with Gasteiger partial charge in [0.1, 0.15) is 35.9 Å². The number of likely N-dealkylation sites (N-methyl/N-ethyl adjacent to an activating group) is 1. The van der Waals surface area contributed by atoms with Gasteiger partial charge in [-0.25, -0.2) is 9.97 Å². The number of halogens is 1. The summed E-state index contributed by atoms with van der Waals surface area (Å²) in [4.78, 5) is 24.5. The average molecular weight is 552 g/mol. The summed E-state index contributed by atoms with van der Waals surface area (Å²) >= 11 is 6.65. The molecule has 4 N–H and O–H groups in total. The standard InChI is InChI=1S/C27H30ClN7O4/c1-13-24(23-14(2)34-39-15(23)3)32-25(19-8-18(6-7-21(19)28)38-12-17(36)9-29-5)33-26(13)35-10-20-22(11-35)30-16(4)31-27(20)37/h6-8,17,29-30,36H,4,9-12H2,1-3,5H3,(H,31,37)/t17-/m1/s1. The largest absolute Gasteiger partial charge is 0.491 e. The van der Waals surface area contributed by atoms with Crippen molar-refractivity contribution in [2.75, 3.05) is 38.2 Å². The number of carbonyl (C=O) groups excluding carboxylic acids is 1. The molecular formula is C27H30ClN7O4. The van der Waals surface area contributed by atoms with E-state index in [0.29, 0.717) is 76.2 Å². The number of aliphatic hydroxyl groups is 1. The third-order valence-electron chi connectivity index (χ3n) is 6.65. The summed E-state index contributed by atoms with van der Waals surface area (Å²) in [6.45, 7) is 10.8. The van der Waals surface area contributed by atoms with Crippen LogP contribution >= 0.6 is 11.6 Å². The normalized spacial score (nSPS) is 15.8. The van der Waals surface area contributed by atoms with E-state index in [-0.39, 0.29) is 12.5 Å². The fraction of sp³-hybridized carbons (Fsp3) is 0.333. The molecule has 204 valence electrons. The van der Waals surface area contributed by atoms with Crippen LogP contribution < -0.4 is 25.6 Å². The minimum absolute atomic E-state index is 0.109. The minimum Gasteiger partial charge on any atom is -0.491 e. The highest BCUT2D eigenvalue weighted by molar-refractivity contribution is 6.33. The Morgan fingerprint density at radius 2 is 2.05 bits per heavy atom. The van der Waals surface area contributed by atoms with Gasteiger partial charge in [-0.3, -0.25) is 4.79 Å². The molecule has 12 heteroatoms. The first-order chi connectivity index (χ1) is 18.7. The molecule has 0 saturated heterocycles. The Hall–Kier alpha value is -3.93. The minimum atomic E-state index is -0.668. The van der Waals surface area contributed by atoms with Gasteiger partial charge in [0.05, 0.1) is 40.6 Å². The third-order valence-corrected chi connectivity index (χ3v) is 6.98. The molecule has 11 nitrogen and oxygen atoms in total. The van der Waals surface area contributed by atoms with Crippen molar-refractivity contribution in [3.63, 3.8) is 0 Å². The highest BCUT2D eigenvalue weighted by atomic mass is 35.5. The molecule has 0 saturated carbocycles. The van der Waals surface area contributed by atoms with Crippen LogP contribution in [-0.2, 0) is 4.79 Å². The Bertz CT molecular complexity index is 1480. The predicted molar refractivity (Wildman–Crippen MR) is 147 cm³/mol. The topological polar surface area (TPSA) is 138 Å². The second kappa shape index (κ2) is 10.7. The number of hydrogen-bond acceptors (Lipinski definition) is 10. The van der Waals surface area contributed by atoms with E-state index < -0.39 is 6.10 Å². The summed E-state index contributed by atoms with van der Waals surface area (Å²) in [6, 6.07) is 5.20. The summed E-state index contributed by atoms with van der Waals surface area (Å²) in [6.07, 6.45) is -0.668.